The van der Waals surface area contributed by atoms with E-state index in [1.54, 1.807) is 18.5 Å². The maximum atomic E-state index is 12.3. The normalized spacial score (nSPS) is 11.8. The zero-order chi connectivity index (χ0) is 15.5. The van der Waals surface area contributed by atoms with Crippen molar-refractivity contribution in [3.63, 3.8) is 0 Å². The van der Waals surface area contributed by atoms with E-state index in [4.69, 9.17) is 5.73 Å². The van der Waals surface area contributed by atoms with E-state index in [1.807, 2.05) is 30.5 Å². The summed E-state index contributed by atoms with van der Waals surface area (Å²) >= 11 is 0. The summed E-state index contributed by atoms with van der Waals surface area (Å²) in [6, 6.07) is 5.32. The van der Waals surface area contributed by atoms with E-state index in [-0.39, 0.29) is 11.4 Å². The van der Waals surface area contributed by atoms with Gasteiger partial charge in [-0.1, -0.05) is 6.07 Å². The molecule has 0 amide bonds. The first-order chi connectivity index (χ1) is 9.96. The van der Waals surface area contributed by atoms with Crippen molar-refractivity contribution in [1.29, 1.82) is 0 Å². The molecule has 0 aliphatic carbocycles. The fraction of sp³-hybridized carbons (Fsp3) is 0.357. The predicted octanol–water partition coefficient (Wildman–Crippen LogP) is 1.15. The highest BCUT2D eigenvalue weighted by atomic mass is 32.2. The summed E-state index contributed by atoms with van der Waals surface area (Å²) in [6.07, 6.45) is 3.28. The smallest absolute Gasteiger partial charge is 0.242 e. The van der Waals surface area contributed by atoms with Crippen LogP contribution in [-0.4, -0.2) is 18.0 Å². The fourth-order valence-corrected chi connectivity index (χ4v) is 3.08. The first-order valence-electron chi connectivity index (χ1n) is 6.76. The van der Waals surface area contributed by atoms with Crippen molar-refractivity contribution in [2.75, 3.05) is 0 Å². The van der Waals surface area contributed by atoms with Gasteiger partial charge in [-0.05, 0) is 31.5 Å². The van der Waals surface area contributed by atoms with Crippen molar-refractivity contribution in [2.45, 2.75) is 38.4 Å². The lowest BCUT2D eigenvalue weighted by atomic mass is 10.2. The number of nitrogens with zero attached hydrogens (tertiary/aromatic N) is 2. The molecule has 0 aromatic carbocycles. The molecular weight excluding hydrogens is 288 g/mol. The van der Waals surface area contributed by atoms with Crippen LogP contribution >= 0.6 is 0 Å². The topological polar surface area (TPSA) is 90.0 Å². The third-order valence-corrected chi connectivity index (χ3v) is 4.63. The van der Waals surface area contributed by atoms with Crippen LogP contribution in [0.3, 0.4) is 0 Å². The van der Waals surface area contributed by atoms with Crippen LogP contribution in [0.4, 0.5) is 0 Å². The minimum absolute atomic E-state index is 0.213. The van der Waals surface area contributed by atoms with Gasteiger partial charge in [0.05, 0.1) is 4.90 Å². The molecule has 0 unspecified atom stereocenters. The Labute approximate surface area is 125 Å². The van der Waals surface area contributed by atoms with E-state index in [2.05, 4.69) is 9.71 Å². The highest BCUT2D eigenvalue weighted by Crippen LogP contribution is 2.14. The van der Waals surface area contributed by atoms with Crippen LogP contribution in [-0.2, 0) is 29.7 Å². The van der Waals surface area contributed by atoms with Gasteiger partial charge >= 0.3 is 0 Å². The van der Waals surface area contributed by atoms with Crippen LogP contribution in [0.1, 0.15) is 23.9 Å². The molecule has 0 saturated carbocycles. The number of sulfonamides is 1. The number of nitrogens with two attached hydrogens (primary N) is 1. The van der Waals surface area contributed by atoms with Crippen LogP contribution < -0.4 is 10.5 Å². The number of rotatable bonds is 6. The van der Waals surface area contributed by atoms with Gasteiger partial charge in [-0.15, -0.1) is 0 Å². The van der Waals surface area contributed by atoms with E-state index in [0.29, 0.717) is 13.1 Å². The van der Waals surface area contributed by atoms with Crippen LogP contribution in [0.15, 0.2) is 35.5 Å². The second-order valence-corrected chi connectivity index (χ2v) is 6.56. The van der Waals surface area contributed by atoms with Gasteiger partial charge in [0.15, 0.2) is 0 Å². The summed E-state index contributed by atoms with van der Waals surface area (Å²) in [4.78, 5) is 4.38. The van der Waals surface area contributed by atoms with Gasteiger partial charge in [-0.2, -0.15) is 0 Å². The lowest BCUT2D eigenvalue weighted by molar-refractivity contribution is 0.580. The number of pyridine rings is 1. The van der Waals surface area contributed by atoms with E-state index >= 15 is 0 Å². The van der Waals surface area contributed by atoms with Crippen LogP contribution in [0.25, 0.3) is 0 Å². The van der Waals surface area contributed by atoms with E-state index in [0.717, 1.165) is 17.0 Å². The van der Waals surface area contributed by atoms with Gasteiger partial charge in [-0.25, -0.2) is 13.1 Å². The van der Waals surface area contributed by atoms with Gasteiger partial charge in [-0.3, -0.25) is 4.98 Å². The number of hydrogen-bond donors (Lipinski definition) is 2. The molecular formula is C14H20N4O2S. The summed E-state index contributed by atoms with van der Waals surface area (Å²) in [7, 11) is -3.54. The molecule has 0 aliphatic rings. The lowest BCUT2D eigenvalue weighted by Gasteiger charge is -2.05. The van der Waals surface area contributed by atoms with Crippen molar-refractivity contribution in [1.82, 2.24) is 14.3 Å². The molecule has 2 aromatic heterocycles. The van der Waals surface area contributed by atoms with Gasteiger partial charge in [0.25, 0.3) is 0 Å². The van der Waals surface area contributed by atoms with E-state index in [9.17, 15) is 8.42 Å². The minimum atomic E-state index is -3.54. The molecule has 0 bridgehead atoms. The van der Waals surface area contributed by atoms with Crippen molar-refractivity contribution in [3.8, 4) is 0 Å². The SMILES string of the molecule is CCn1cc(S(=O)(=O)NCc2ccc(C)nc2)cc1CN. The summed E-state index contributed by atoms with van der Waals surface area (Å²) in [5.74, 6) is 0. The van der Waals surface area contributed by atoms with Crippen LogP contribution in [0.2, 0.25) is 0 Å². The van der Waals surface area contributed by atoms with E-state index in [1.165, 1.54) is 0 Å². The molecule has 0 atom stereocenters. The Bertz CT molecular complexity index is 684. The molecule has 0 aliphatic heterocycles. The molecule has 2 aromatic rings. The summed E-state index contributed by atoms with van der Waals surface area (Å²) in [5.41, 5.74) is 8.13. The third-order valence-electron chi connectivity index (χ3n) is 3.26. The third kappa shape index (κ3) is 3.69. The van der Waals surface area contributed by atoms with Crippen LogP contribution in [0.5, 0.6) is 0 Å². The zero-order valence-corrected chi connectivity index (χ0v) is 13.0. The molecule has 7 heteroatoms. The van der Waals surface area contributed by atoms with Gasteiger partial charge in [0.2, 0.25) is 10.0 Å². The first-order valence-corrected chi connectivity index (χ1v) is 8.25. The monoisotopic (exact) mass is 308 g/mol. The number of nitrogens with one attached hydrogen (secondary N) is 1. The Morgan fingerprint density at radius 2 is 2.14 bits per heavy atom. The molecule has 2 rings (SSSR count). The first kappa shape index (κ1) is 15.7. The summed E-state index contributed by atoms with van der Waals surface area (Å²) < 4.78 is 29.0. The van der Waals surface area contributed by atoms with Gasteiger partial charge in [0, 0.05) is 43.4 Å². The lowest BCUT2D eigenvalue weighted by Crippen LogP contribution is -2.23. The Morgan fingerprint density at radius 3 is 2.67 bits per heavy atom. The molecule has 3 N–H and O–H groups in total. The molecule has 0 radical (unpaired) electrons. The summed E-state index contributed by atoms with van der Waals surface area (Å²) in [5, 5.41) is 0. The molecule has 0 fully saturated rings. The average molecular weight is 308 g/mol. The Morgan fingerprint density at radius 1 is 1.38 bits per heavy atom. The highest BCUT2D eigenvalue weighted by Gasteiger charge is 2.17. The number of aryl methyl sites for hydroxylation is 2. The molecule has 6 nitrogen and oxygen atoms in total. The van der Waals surface area contributed by atoms with Gasteiger partial charge in [0.1, 0.15) is 0 Å². The number of aromatic nitrogens is 2. The van der Waals surface area contributed by atoms with Crippen molar-refractivity contribution in [2.24, 2.45) is 5.73 Å². The van der Waals surface area contributed by atoms with Gasteiger partial charge < -0.3 is 10.3 Å². The summed E-state index contributed by atoms with van der Waals surface area (Å²) in [6.45, 7) is 5.04. The standard InChI is InChI=1S/C14H20N4O2S/c1-3-18-10-14(6-13(18)7-15)21(19,20)17-9-12-5-4-11(2)16-8-12/h4-6,8,10,17H,3,7,9,15H2,1-2H3. The Balaban J connectivity index is 2.14. The van der Waals surface area contributed by atoms with Crippen molar-refractivity contribution in [3.05, 3.63) is 47.5 Å². The van der Waals surface area contributed by atoms with Crippen LogP contribution in [0, 0.1) is 6.92 Å². The maximum absolute atomic E-state index is 12.3. The Hall–Kier alpha value is -1.70. The molecule has 0 saturated heterocycles. The molecule has 114 valence electrons. The second-order valence-electron chi connectivity index (χ2n) is 4.79. The maximum Gasteiger partial charge on any atom is 0.242 e. The fourth-order valence-electron chi connectivity index (χ4n) is 2.00. The van der Waals surface area contributed by atoms with E-state index < -0.39 is 10.0 Å². The molecule has 0 spiro atoms. The number of hydrogen-bond acceptors (Lipinski definition) is 4. The van der Waals surface area contributed by atoms with Crippen molar-refractivity contribution < 1.29 is 8.42 Å². The molecule has 21 heavy (non-hydrogen) atoms. The highest BCUT2D eigenvalue weighted by molar-refractivity contribution is 7.89. The second kappa shape index (κ2) is 6.38. The zero-order valence-electron chi connectivity index (χ0n) is 12.2. The van der Waals surface area contributed by atoms with Crippen molar-refractivity contribution >= 4 is 10.0 Å². The molecule has 2 heterocycles. The predicted molar refractivity (Wildman–Crippen MR) is 81.0 cm³/mol. The largest absolute Gasteiger partial charge is 0.349 e. The minimum Gasteiger partial charge on any atom is -0.349 e. The average Bonchev–Trinajstić information content (AvgIpc) is 2.91. The Kier molecular flexibility index (Phi) is 4.76. The quantitative estimate of drug-likeness (QED) is 0.837.